The average molecular weight is 214 g/mol. The van der Waals surface area contributed by atoms with E-state index in [-0.39, 0.29) is 6.61 Å². The maximum atomic E-state index is 9.31. The Morgan fingerprint density at radius 2 is 2.07 bits per heavy atom. The molecule has 3 heteroatoms. The minimum absolute atomic E-state index is 0.286. The molecule has 1 fully saturated rings. The minimum Gasteiger partial charge on any atom is -0.395 e. The molecule has 3 nitrogen and oxygen atoms in total. The lowest BCUT2D eigenvalue weighted by molar-refractivity contribution is 0.129. The van der Waals surface area contributed by atoms with Gasteiger partial charge in [0.15, 0.2) is 0 Å². The first-order valence-corrected chi connectivity index (χ1v) is 6.17. The fraction of sp³-hybridized carbons (Fsp3) is 1.00. The van der Waals surface area contributed by atoms with E-state index in [1.165, 1.54) is 25.9 Å². The third-order valence-electron chi connectivity index (χ3n) is 3.31. The lowest BCUT2D eigenvalue weighted by Crippen LogP contribution is -2.41. The average Bonchev–Trinajstić information content (AvgIpc) is 2.37. The molecule has 1 atom stereocenters. The van der Waals surface area contributed by atoms with Gasteiger partial charge in [-0.2, -0.15) is 0 Å². The van der Waals surface area contributed by atoms with Crippen LogP contribution < -0.4 is 0 Å². The molecule has 0 aromatic carbocycles. The van der Waals surface area contributed by atoms with Crippen LogP contribution in [0.5, 0.6) is 0 Å². The molecule has 90 valence electrons. The molecule has 1 aliphatic rings. The summed E-state index contributed by atoms with van der Waals surface area (Å²) in [5.74, 6) is 0.776. The van der Waals surface area contributed by atoms with E-state index >= 15 is 0 Å². The van der Waals surface area contributed by atoms with Crippen LogP contribution in [0.4, 0.5) is 0 Å². The van der Waals surface area contributed by atoms with E-state index in [2.05, 4.69) is 30.7 Å². The molecule has 0 spiro atoms. The van der Waals surface area contributed by atoms with Crippen molar-refractivity contribution in [1.29, 1.82) is 0 Å². The third-order valence-corrected chi connectivity index (χ3v) is 3.31. The lowest BCUT2D eigenvalue weighted by atomic mass is 10.1. The minimum atomic E-state index is 0.286. The van der Waals surface area contributed by atoms with Gasteiger partial charge in [0.1, 0.15) is 0 Å². The molecule has 1 rings (SSSR count). The van der Waals surface area contributed by atoms with Crippen molar-refractivity contribution in [3.05, 3.63) is 0 Å². The molecule has 1 heterocycles. The molecule has 1 N–H and O–H groups in total. The van der Waals surface area contributed by atoms with Crippen molar-refractivity contribution in [3.63, 3.8) is 0 Å². The second-order valence-electron chi connectivity index (χ2n) is 5.15. The van der Waals surface area contributed by atoms with Crippen molar-refractivity contribution < 1.29 is 5.11 Å². The van der Waals surface area contributed by atoms with Crippen LogP contribution in [0.3, 0.4) is 0 Å². The van der Waals surface area contributed by atoms with Crippen molar-refractivity contribution >= 4 is 0 Å². The first-order chi connectivity index (χ1) is 7.13. The summed E-state index contributed by atoms with van der Waals surface area (Å²) in [6, 6.07) is 0.333. The Hall–Kier alpha value is -0.120. The summed E-state index contributed by atoms with van der Waals surface area (Å²) in [6.07, 6.45) is 2.49. The summed E-state index contributed by atoms with van der Waals surface area (Å²) in [5, 5.41) is 9.31. The van der Waals surface area contributed by atoms with Crippen molar-refractivity contribution in [2.45, 2.75) is 32.7 Å². The second kappa shape index (κ2) is 6.46. The molecule has 1 saturated heterocycles. The Morgan fingerprint density at radius 3 is 2.67 bits per heavy atom. The topological polar surface area (TPSA) is 26.7 Å². The van der Waals surface area contributed by atoms with E-state index in [9.17, 15) is 5.11 Å². The van der Waals surface area contributed by atoms with Gasteiger partial charge in [0.2, 0.25) is 0 Å². The highest BCUT2D eigenvalue weighted by atomic mass is 16.3. The summed E-state index contributed by atoms with van der Waals surface area (Å²) < 4.78 is 0. The molecule has 0 aliphatic carbocycles. The van der Waals surface area contributed by atoms with Crippen LogP contribution >= 0.6 is 0 Å². The lowest BCUT2D eigenvalue weighted by Gasteiger charge is -2.27. The maximum Gasteiger partial charge on any atom is 0.0599 e. The predicted octanol–water partition coefficient (Wildman–Crippen LogP) is 1.03. The van der Waals surface area contributed by atoms with Crippen molar-refractivity contribution in [1.82, 2.24) is 9.80 Å². The molecule has 0 amide bonds. The van der Waals surface area contributed by atoms with Gasteiger partial charge in [-0.25, -0.2) is 0 Å². The van der Waals surface area contributed by atoms with Gasteiger partial charge in [-0.1, -0.05) is 13.8 Å². The summed E-state index contributed by atoms with van der Waals surface area (Å²) in [6.45, 7) is 9.34. The largest absolute Gasteiger partial charge is 0.395 e. The molecule has 1 aliphatic heterocycles. The van der Waals surface area contributed by atoms with E-state index < -0.39 is 0 Å². The van der Waals surface area contributed by atoms with Gasteiger partial charge in [-0.05, 0) is 45.4 Å². The predicted molar refractivity (Wildman–Crippen MR) is 64.0 cm³/mol. The Balaban J connectivity index is 2.38. The standard InChI is InChI=1S/C12H26N2O/c1-11(2)5-8-14-7-4-6-13(3)12(9-14)10-15/h11-12,15H,4-10H2,1-3H3. The van der Waals surface area contributed by atoms with E-state index in [1.54, 1.807) is 0 Å². The van der Waals surface area contributed by atoms with Crippen LogP contribution in [-0.4, -0.2) is 60.8 Å². The summed E-state index contributed by atoms with van der Waals surface area (Å²) in [5.41, 5.74) is 0. The Labute approximate surface area is 94.1 Å². The van der Waals surface area contributed by atoms with Gasteiger partial charge in [0.05, 0.1) is 6.61 Å². The molecule has 0 saturated carbocycles. The summed E-state index contributed by atoms with van der Waals surface area (Å²) in [7, 11) is 2.12. The van der Waals surface area contributed by atoms with Gasteiger partial charge >= 0.3 is 0 Å². The summed E-state index contributed by atoms with van der Waals surface area (Å²) >= 11 is 0. The van der Waals surface area contributed by atoms with Gasteiger partial charge in [0.25, 0.3) is 0 Å². The van der Waals surface area contributed by atoms with Crippen molar-refractivity contribution in [2.75, 3.05) is 39.8 Å². The first-order valence-electron chi connectivity index (χ1n) is 6.17. The van der Waals surface area contributed by atoms with Gasteiger partial charge in [0, 0.05) is 12.6 Å². The van der Waals surface area contributed by atoms with Gasteiger partial charge in [-0.15, -0.1) is 0 Å². The van der Waals surface area contributed by atoms with Crippen molar-refractivity contribution in [2.24, 2.45) is 5.92 Å². The van der Waals surface area contributed by atoms with Crippen LogP contribution in [0.25, 0.3) is 0 Å². The molecule has 0 radical (unpaired) electrons. The SMILES string of the molecule is CC(C)CCN1CCCN(C)C(CO)C1. The molecular weight excluding hydrogens is 188 g/mol. The van der Waals surface area contributed by atoms with E-state index in [0.29, 0.717) is 6.04 Å². The zero-order chi connectivity index (χ0) is 11.3. The van der Waals surface area contributed by atoms with Crippen LogP contribution in [0, 0.1) is 5.92 Å². The fourth-order valence-corrected chi connectivity index (χ4v) is 2.10. The Bertz CT molecular complexity index is 173. The van der Waals surface area contributed by atoms with E-state index in [4.69, 9.17) is 0 Å². The van der Waals surface area contributed by atoms with Crippen molar-refractivity contribution in [3.8, 4) is 0 Å². The number of hydrogen-bond acceptors (Lipinski definition) is 3. The Kier molecular flexibility index (Phi) is 5.58. The van der Waals surface area contributed by atoms with Gasteiger partial charge in [-0.3, -0.25) is 4.90 Å². The van der Waals surface area contributed by atoms with Crippen LogP contribution in [0.15, 0.2) is 0 Å². The number of likely N-dealkylation sites (N-methyl/N-ethyl adjacent to an activating group) is 1. The molecule has 15 heavy (non-hydrogen) atoms. The number of aliphatic hydroxyl groups excluding tert-OH is 1. The fourth-order valence-electron chi connectivity index (χ4n) is 2.10. The number of hydrogen-bond donors (Lipinski definition) is 1. The van der Waals surface area contributed by atoms with Gasteiger partial charge < -0.3 is 10.0 Å². The molecule has 0 bridgehead atoms. The third kappa shape index (κ3) is 4.49. The monoisotopic (exact) mass is 214 g/mol. The zero-order valence-electron chi connectivity index (χ0n) is 10.4. The Morgan fingerprint density at radius 1 is 1.33 bits per heavy atom. The maximum absolute atomic E-state index is 9.31. The number of nitrogens with zero attached hydrogens (tertiary/aromatic N) is 2. The normalized spacial score (nSPS) is 25.8. The number of aliphatic hydroxyl groups is 1. The quantitative estimate of drug-likeness (QED) is 0.757. The number of rotatable bonds is 4. The smallest absolute Gasteiger partial charge is 0.0599 e. The molecule has 0 aromatic heterocycles. The van der Waals surface area contributed by atoms with Crippen LogP contribution in [0.1, 0.15) is 26.7 Å². The summed E-state index contributed by atoms with van der Waals surface area (Å²) in [4.78, 5) is 4.79. The highest BCUT2D eigenvalue weighted by Gasteiger charge is 2.21. The van der Waals surface area contributed by atoms with Crippen LogP contribution in [0.2, 0.25) is 0 Å². The highest BCUT2D eigenvalue weighted by Crippen LogP contribution is 2.10. The van der Waals surface area contributed by atoms with Crippen LogP contribution in [-0.2, 0) is 0 Å². The first kappa shape index (κ1) is 12.9. The zero-order valence-corrected chi connectivity index (χ0v) is 10.4. The molecule has 1 unspecified atom stereocenters. The van der Waals surface area contributed by atoms with E-state index in [1.807, 2.05) is 0 Å². The highest BCUT2D eigenvalue weighted by molar-refractivity contribution is 4.77. The molecular formula is C12H26N2O. The van der Waals surface area contributed by atoms with E-state index in [0.717, 1.165) is 19.0 Å². The second-order valence-corrected chi connectivity index (χ2v) is 5.15. The molecule has 0 aromatic rings.